The summed E-state index contributed by atoms with van der Waals surface area (Å²) in [6.45, 7) is 2.31. The van der Waals surface area contributed by atoms with Crippen LogP contribution in [0.1, 0.15) is 18.9 Å². The lowest BCUT2D eigenvalue weighted by Gasteiger charge is -2.31. The Labute approximate surface area is 225 Å². The molecule has 0 aliphatic carbocycles. The van der Waals surface area contributed by atoms with E-state index in [2.05, 4.69) is 5.32 Å². The number of anilines is 1. The molecule has 206 valence electrons. The second-order valence-corrected chi connectivity index (χ2v) is 12.0. The number of carbonyl (C=O) groups is 1. The minimum absolute atomic E-state index is 0.117. The summed E-state index contributed by atoms with van der Waals surface area (Å²) in [7, 11) is -0.728. The van der Waals surface area contributed by atoms with Gasteiger partial charge < -0.3 is 19.7 Å². The number of thioether (sulfide) groups is 1. The number of nitriles is 1. The molecule has 9 nitrogen and oxygen atoms in total. The third-order valence-electron chi connectivity index (χ3n) is 5.77. The molecule has 0 aromatic heterocycles. The number of nitrogens with zero attached hydrogens (tertiary/aromatic N) is 2. The van der Waals surface area contributed by atoms with Crippen molar-refractivity contribution >= 4 is 33.4 Å². The standard InChI is InChI=1S/C25H30F2N4O5S2/c1-25(16-35-10-11-36-25)24(32)30-38(33,34)21-12-17(14-28)23(22(27)13-21)29-19(8-9-31(2)3)15-37-20-6-4-18(26)5-7-20/h4-7,12-13,19,29H,8-11,15-16H2,1-3H3,(H,30,32)/t19-,25-/m1/s1. The molecule has 38 heavy (non-hydrogen) atoms. The molecule has 1 aliphatic rings. The molecule has 1 heterocycles. The normalized spacial score (nSPS) is 18.6. The SMILES string of the molecule is CN(C)CC[C@H](CSc1ccc(F)cc1)Nc1c(F)cc(S(=O)(=O)NC(=O)[C@@]2(C)COCCO2)cc1C#N. The minimum atomic E-state index is -4.51. The van der Waals surface area contributed by atoms with Crippen LogP contribution in [-0.4, -0.2) is 77.1 Å². The fourth-order valence-electron chi connectivity index (χ4n) is 3.57. The number of sulfonamides is 1. The topological polar surface area (TPSA) is 121 Å². The highest BCUT2D eigenvalue weighted by molar-refractivity contribution is 7.99. The van der Waals surface area contributed by atoms with Crippen molar-refractivity contribution in [2.24, 2.45) is 0 Å². The monoisotopic (exact) mass is 568 g/mol. The van der Waals surface area contributed by atoms with Gasteiger partial charge in [0.25, 0.3) is 15.9 Å². The van der Waals surface area contributed by atoms with Crippen molar-refractivity contribution in [3.63, 3.8) is 0 Å². The maximum atomic E-state index is 15.3. The van der Waals surface area contributed by atoms with Crippen molar-refractivity contribution in [1.29, 1.82) is 5.26 Å². The van der Waals surface area contributed by atoms with E-state index in [4.69, 9.17) is 9.47 Å². The van der Waals surface area contributed by atoms with Crippen molar-refractivity contribution in [3.8, 4) is 6.07 Å². The van der Waals surface area contributed by atoms with Crippen LogP contribution in [0.2, 0.25) is 0 Å². The molecule has 2 aromatic rings. The van der Waals surface area contributed by atoms with E-state index in [1.54, 1.807) is 12.1 Å². The molecule has 0 saturated carbocycles. The summed E-state index contributed by atoms with van der Waals surface area (Å²) in [6.07, 6.45) is 0.586. The molecule has 0 radical (unpaired) electrons. The van der Waals surface area contributed by atoms with E-state index < -0.39 is 32.2 Å². The van der Waals surface area contributed by atoms with Crippen LogP contribution in [0.4, 0.5) is 14.5 Å². The Hall–Kier alpha value is -2.76. The van der Waals surface area contributed by atoms with Crippen molar-refractivity contribution in [2.45, 2.75) is 34.8 Å². The predicted octanol–water partition coefficient (Wildman–Crippen LogP) is 2.97. The molecule has 1 saturated heterocycles. The van der Waals surface area contributed by atoms with Crippen LogP contribution < -0.4 is 10.0 Å². The number of rotatable bonds is 11. The van der Waals surface area contributed by atoms with E-state index in [9.17, 15) is 22.9 Å². The Kier molecular flexibility index (Phi) is 10.1. The third kappa shape index (κ3) is 7.87. The first-order chi connectivity index (χ1) is 17.9. The summed E-state index contributed by atoms with van der Waals surface area (Å²) in [5.41, 5.74) is -1.90. The summed E-state index contributed by atoms with van der Waals surface area (Å²) in [5.74, 6) is -1.79. The Bertz CT molecular complexity index is 1280. The molecular formula is C25H30F2N4O5S2. The summed E-state index contributed by atoms with van der Waals surface area (Å²) >= 11 is 1.44. The molecule has 1 amide bonds. The zero-order valence-corrected chi connectivity index (χ0v) is 22.9. The Morgan fingerprint density at radius 1 is 1.24 bits per heavy atom. The highest BCUT2D eigenvalue weighted by atomic mass is 32.2. The van der Waals surface area contributed by atoms with Crippen LogP contribution in [0, 0.1) is 23.0 Å². The van der Waals surface area contributed by atoms with Crippen LogP contribution in [-0.2, 0) is 24.3 Å². The zero-order chi connectivity index (χ0) is 27.9. The molecule has 13 heteroatoms. The van der Waals surface area contributed by atoms with E-state index in [0.29, 0.717) is 18.7 Å². The maximum Gasteiger partial charge on any atom is 0.268 e. The first-order valence-corrected chi connectivity index (χ1v) is 14.2. The summed E-state index contributed by atoms with van der Waals surface area (Å²) in [4.78, 5) is 14.8. The summed E-state index contributed by atoms with van der Waals surface area (Å²) in [5, 5.41) is 12.7. The fraction of sp³-hybridized carbons (Fsp3) is 0.440. The van der Waals surface area contributed by atoms with E-state index in [-0.39, 0.29) is 42.9 Å². The Balaban J connectivity index is 1.81. The second-order valence-electron chi connectivity index (χ2n) is 9.20. The lowest BCUT2D eigenvalue weighted by atomic mass is 10.1. The molecular weight excluding hydrogens is 538 g/mol. The summed E-state index contributed by atoms with van der Waals surface area (Å²) in [6, 6.07) is 9.29. The Morgan fingerprint density at radius 3 is 2.55 bits per heavy atom. The average Bonchev–Trinajstić information content (AvgIpc) is 2.87. The molecule has 0 spiro atoms. The van der Waals surface area contributed by atoms with Gasteiger partial charge >= 0.3 is 0 Å². The first-order valence-electron chi connectivity index (χ1n) is 11.8. The van der Waals surface area contributed by atoms with Crippen LogP contribution >= 0.6 is 11.8 Å². The van der Waals surface area contributed by atoms with Gasteiger partial charge in [-0.25, -0.2) is 21.9 Å². The minimum Gasteiger partial charge on any atom is -0.378 e. The van der Waals surface area contributed by atoms with Crippen molar-refractivity contribution < 1.29 is 31.5 Å². The van der Waals surface area contributed by atoms with Crippen molar-refractivity contribution in [2.75, 3.05) is 51.5 Å². The molecule has 0 bridgehead atoms. The van der Waals surface area contributed by atoms with E-state index in [1.807, 2.05) is 29.8 Å². The number of nitrogens with one attached hydrogen (secondary N) is 2. The number of benzene rings is 2. The highest BCUT2D eigenvalue weighted by Gasteiger charge is 2.39. The smallest absolute Gasteiger partial charge is 0.268 e. The molecule has 1 fully saturated rings. The van der Waals surface area contributed by atoms with Gasteiger partial charge in [-0.15, -0.1) is 11.8 Å². The van der Waals surface area contributed by atoms with Gasteiger partial charge in [-0.2, -0.15) is 5.26 Å². The van der Waals surface area contributed by atoms with Gasteiger partial charge in [0.15, 0.2) is 5.60 Å². The molecule has 2 atom stereocenters. The Morgan fingerprint density at radius 2 is 1.95 bits per heavy atom. The van der Waals surface area contributed by atoms with Gasteiger partial charge in [0.2, 0.25) is 0 Å². The van der Waals surface area contributed by atoms with E-state index >= 15 is 4.39 Å². The van der Waals surface area contributed by atoms with Crippen molar-refractivity contribution in [1.82, 2.24) is 9.62 Å². The van der Waals surface area contributed by atoms with Crippen LogP contribution in [0.15, 0.2) is 46.2 Å². The molecule has 1 aliphatic heterocycles. The van der Waals surface area contributed by atoms with Gasteiger partial charge in [0.1, 0.15) is 17.7 Å². The zero-order valence-electron chi connectivity index (χ0n) is 21.3. The highest BCUT2D eigenvalue weighted by Crippen LogP contribution is 2.28. The predicted molar refractivity (Wildman–Crippen MR) is 139 cm³/mol. The average molecular weight is 569 g/mol. The third-order valence-corrected chi connectivity index (χ3v) is 8.25. The number of amides is 1. The molecule has 0 unspecified atom stereocenters. The van der Waals surface area contributed by atoms with Gasteiger partial charge in [-0.3, -0.25) is 4.79 Å². The van der Waals surface area contributed by atoms with E-state index in [0.717, 1.165) is 17.0 Å². The van der Waals surface area contributed by atoms with Crippen LogP contribution in [0.5, 0.6) is 0 Å². The van der Waals surface area contributed by atoms with Gasteiger partial charge in [0.05, 0.1) is 36.0 Å². The quantitative estimate of drug-likeness (QED) is 0.394. The van der Waals surface area contributed by atoms with E-state index in [1.165, 1.54) is 30.8 Å². The largest absolute Gasteiger partial charge is 0.378 e. The van der Waals surface area contributed by atoms with Gasteiger partial charge in [-0.1, -0.05) is 0 Å². The lowest BCUT2D eigenvalue weighted by Crippen LogP contribution is -2.54. The van der Waals surface area contributed by atoms with Gasteiger partial charge in [0, 0.05) is 16.7 Å². The van der Waals surface area contributed by atoms with Crippen molar-refractivity contribution in [3.05, 3.63) is 53.6 Å². The number of ether oxygens (including phenoxy) is 2. The first kappa shape index (κ1) is 29.8. The van der Waals surface area contributed by atoms with Crippen LogP contribution in [0.3, 0.4) is 0 Å². The maximum absolute atomic E-state index is 15.3. The number of halogens is 2. The van der Waals surface area contributed by atoms with Crippen LogP contribution in [0.25, 0.3) is 0 Å². The number of carbonyl (C=O) groups excluding carboxylic acids is 1. The lowest BCUT2D eigenvalue weighted by molar-refractivity contribution is -0.171. The number of hydrogen-bond donors (Lipinski definition) is 2. The molecule has 3 rings (SSSR count). The summed E-state index contributed by atoms with van der Waals surface area (Å²) < 4.78 is 66.7. The van der Waals surface area contributed by atoms with Gasteiger partial charge in [-0.05, 0) is 70.4 Å². The second kappa shape index (κ2) is 12.9. The number of hydrogen-bond acceptors (Lipinski definition) is 9. The fourth-order valence-corrected chi connectivity index (χ4v) is 5.65. The molecule has 2 aromatic carbocycles. The molecule has 2 N–H and O–H groups in total.